The van der Waals surface area contributed by atoms with E-state index in [1.165, 1.54) is 0 Å². The molecule has 2 aromatic rings. The van der Waals surface area contributed by atoms with Gasteiger partial charge < -0.3 is 4.74 Å². The Morgan fingerprint density at radius 3 is 2.41 bits per heavy atom. The molecule has 4 heteroatoms. The van der Waals surface area contributed by atoms with E-state index >= 15 is 0 Å². The van der Waals surface area contributed by atoms with Crippen LogP contribution in [0.25, 0.3) is 11.1 Å². The number of halogens is 2. The highest BCUT2D eigenvalue weighted by Gasteiger charge is 2.61. The van der Waals surface area contributed by atoms with Crippen molar-refractivity contribution in [1.29, 1.82) is 0 Å². The lowest BCUT2D eigenvalue weighted by Gasteiger charge is -2.15. The summed E-state index contributed by atoms with van der Waals surface area (Å²) in [7, 11) is 0. The summed E-state index contributed by atoms with van der Waals surface area (Å²) >= 11 is 11.5. The smallest absolute Gasteiger partial charge is 0.310 e. The van der Waals surface area contributed by atoms with Gasteiger partial charge in [0.05, 0.1) is 5.92 Å². The molecule has 1 aliphatic carbocycles. The van der Waals surface area contributed by atoms with Crippen molar-refractivity contribution >= 4 is 29.2 Å². The predicted octanol–water partition coefficient (Wildman–Crippen LogP) is 6.60. The molecule has 1 aliphatic rings. The van der Waals surface area contributed by atoms with E-state index in [9.17, 15) is 4.79 Å². The van der Waals surface area contributed by atoms with Crippen LogP contribution in [0, 0.1) is 31.1 Å². The van der Waals surface area contributed by atoms with Crippen molar-refractivity contribution in [3.63, 3.8) is 0 Å². The first-order valence-corrected chi connectivity index (χ1v) is 9.83. The van der Waals surface area contributed by atoms with Gasteiger partial charge in [0.1, 0.15) is 11.1 Å². The zero-order valence-corrected chi connectivity index (χ0v) is 17.6. The van der Waals surface area contributed by atoms with Crippen molar-refractivity contribution < 1.29 is 9.53 Å². The van der Waals surface area contributed by atoms with Crippen LogP contribution in [-0.2, 0) is 16.1 Å². The van der Waals surface area contributed by atoms with E-state index in [0.29, 0.717) is 0 Å². The maximum atomic E-state index is 12.6. The lowest BCUT2D eigenvalue weighted by atomic mass is 9.94. The fourth-order valence-corrected chi connectivity index (χ4v) is 4.12. The molecule has 2 unspecified atom stereocenters. The second kappa shape index (κ2) is 7.69. The zero-order valence-electron chi connectivity index (χ0n) is 16.1. The Balaban J connectivity index is 1.77. The summed E-state index contributed by atoms with van der Waals surface area (Å²) in [6, 6.07) is 14.4. The monoisotopic (exact) mass is 402 g/mol. The van der Waals surface area contributed by atoms with E-state index in [1.807, 2.05) is 39.0 Å². The molecular weight excluding hydrogens is 379 g/mol. The van der Waals surface area contributed by atoms with Gasteiger partial charge in [0.2, 0.25) is 0 Å². The number of carbonyl (C=O) groups is 1. The Morgan fingerprint density at radius 2 is 1.78 bits per heavy atom. The van der Waals surface area contributed by atoms with Crippen molar-refractivity contribution in [2.24, 2.45) is 17.3 Å². The van der Waals surface area contributed by atoms with Gasteiger partial charge in [0.25, 0.3) is 0 Å². The highest BCUT2D eigenvalue weighted by Crippen LogP contribution is 2.60. The van der Waals surface area contributed by atoms with Crippen LogP contribution in [0.5, 0.6) is 0 Å². The van der Waals surface area contributed by atoms with E-state index in [-0.39, 0.29) is 34.3 Å². The third-order valence-corrected chi connectivity index (χ3v) is 6.00. The molecule has 3 rings (SSSR count). The molecule has 1 saturated carbocycles. The highest BCUT2D eigenvalue weighted by atomic mass is 35.5. The number of aryl methyl sites for hydroxylation is 1. The average molecular weight is 403 g/mol. The van der Waals surface area contributed by atoms with E-state index in [4.69, 9.17) is 27.9 Å². The minimum atomic E-state index is -0.206. The Labute approximate surface area is 171 Å². The number of hydrogen-bond donors (Lipinski definition) is 0. The zero-order chi connectivity index (χ0) is 19.8. The Morgan fingerprint density at radius 1 is 1.11 bits per heavy atom. The molecule has 0 radical (unpaired) electrons. The molecule has 0 aliphatic heterocycles. The number of carbonyl (C=O) groups excluding carboxylic acids is 1. The molecule has 27 heavy (non-hydrogen) atoms. The van der Waals surface area contributed by atoms with Gasteiger partial charge in [-0.3, -0.25) is 4.79 Å². The molecule has 0 heterocycles. The summed E-state index contributed by atoms with van der Waals surface area (Å²) in [5.74, 6) is -0.379. The number of esters is 1. The average Bonchev–Trinajstić information content (AvgIpc) is 3.14. The Bertz CT molecular complexity index is 881. The minimum Gasteiger partial charge on any atom is -0.461 e. The van der Waals surface area contributed by atoms with Crippen molar-refractivity contribution in [3.8, 4) is 11.1 Å². The van der Waals surface area contributed by atoms with Gasteiger partial charge in [-0.25, -0.2) is 0 Å². The van der Waals surface area contributed by atoms with E-state index in [0.717, 1.165) is 27.8 Å². The van der Waals surface area contributed by atoms with Crippen LogP contribution in [0.4, 0.5) is 0 Å². The fourth-order valence-electron chi connectivity index (χ4n) is 3.85. The van der Waals surface area contributed by atoms with Crippen molar-refractivity contribution in [3.05, 3.63) is 69.7 Å². The Kier molecular flexibility index (Phi) is 5.69. The van der Waals surface area contributed by atoms with Crippen LogP contribution in [0.3, 0.4) is 0 Å². The first kappa shape index (κ1) is 20.0. The molecule has 0 spiro atoms. The van der Waals surface area contributed by atoms with Gasteiger partial charge in [0, 0.05) is 0 Å². The first-order valence-electron chi connectivity index (χ1n) is 9.07. The summed E-state index contributed by atoms with van der Waals surface area (Å²) < 4.78 is 5.90. The molecule has 0 saturated heterocycles. The summed E-state index contributed by atoms with van der Waals surface area (Å²) in [6.45, 7) is 8.46. The van der Waals surface area contributed by atoms with Gasteiger partial charge in [0.15, 0.2) is 0 Å². The lowest BCUT2D eigenvalue weighted by Crippen LogP contribution is -2.12. The predicted molar refractivity (Wildman–Crippen MR) is 112 cm³/mol. The quantitative estimate of drug-likeness (QED) is 0.526. The van der Waals surface area contributed by atoms with E-state index < -0.39 is 0 Å². The molecule has 2 nitrogen and oxygen atoms in total. The van der Waals surface area contributed by atoms with E-state index in [2.05, 4.69) is 31.2 Å². The third kappa shape index (κ3) is 4.07. The van der Waals surface area contributed by atoms with Gasteiger partial charge >= 0.3 is 5.97 Å². The normalized spacial score (nSPS) is 20.1. The van der Waals surface area contributed by atoms with Crippen molar-refractivity contribution in [2.45, 2.75) is 34.3 Å². The van der Waals surface area contributed by atoms with E-state index in [1.54, 1.807) is 6.08 Å². The summed E-state index contributed by atoms with van der Waals surface area (Å²) in [5.41, 5.74) is 5.47. The fraction of sp³-hybridized carbons (Fsp3) is 0.348. The van der Waals surface area contributed by atoms with Crippen molar-refractivity contribution in [2.75, 3.05) is 0 Å². The highest BCUT2D eigenvalue weighted by molar-refractivity contribution is 6.55. The second-order valence-corrected chi connectivity index (χ2v) is 8.80. The van der Waals surface area contributed by atoms with Crippen molar-refractivity contribution in [1.82, 2.24) is 0 Å². The molecule has 0 aromatic heterocycles. The second-order valence-electron chi connectivity index (χ2n) is 7.79. The molecule has 0 amide bonds. The summed E-state index contributed by atoms with van der Waals surface area (Å²) in [6.07, 6.45) is 1.74. The number of ether oxygens (including phenoxy) is 1. The molecular formula is C23H24Cl2O2. The molecule has 1 fully saturated rings. The number of allylic oxidation sites excluding steroid dienone is 1. The van der Waals surface area contributed by atoms with Crippen LogP contribution >= 0.6 is 23.2 Å². The van der Waals surface area contributed by atoms with Crippen LogP contribution in [0.1, 0.15) is 30.5 Å². The first-order chi connectivity index (χ1) is 12.7. The minimum absolute atomic E-state index is 0.0212. The van der Waals surface area contributed by atoms with Gasteiger partial charge in [-0.1, -0.05) is 79.5 Å². The van der Waals surface area contributed by atoms with Crippen LogP contribution in [0.2, 0.25) is 0 Å². The standard InChI is InChI=1S/C23H24Cl2O2/c1-14-10-11-17(16-8-6-5-7-9-16)15(2)18(14)13-27-22(26)21-19(12-20(24)25)23(21,3)4/h5-12,19,21H,13H2,1-4H3. The van der Waals surface area contributed by atoms with Crippen LogP contribution in [0.15, 0.2) is 53.0 Å². The number of rotatable bonds is 5. The summed E-state index contributed by atoms with van der Waals surface area (Å²) in [4.78, 5) is 12.6. The number of hydrogen-bond acceptors (Lipinski definition) is 2. The largest absolute Gasteiger partial charge is 0.461 e. The maximum absolute atomic E-state index is 12.6. The van der Waals surface area contributed by atoms with Crippen LogP contribution < -0.4 is 0 Å². The molecule has 0 N–H and O–H groups in total. The van der Waals surface area contributed by atoms with Gasteiger partial charge in [-0.05, 0) is 59.1 Å². The SMILES string of the molecule is Cc1ccc(-c2ccccc2)c(C)c1COC(=O)C1C(C=C(Cl)Cl)C1(C)C. The Hall–Kier alpha value is -1.77. The lowest BCUT2D eigenvalue weighted by molar-refractivity contribution is -0.147. The van der Waals surface area contributed by atoms with Gasteiger partial charge in [-0.15, -0.1) is 0 Å². The molecule has 0 bridgehead atoms. The summed E-state index contributed by atoms with van der Waals surface area (Å²) in [5, 5.41) is 0. The molecule has 142 valence electrons. The maximum Gasteiger partial charge on any atom is 0.310 e. The van der Waals surface area contributed by atoms with Crippen LogP contribution in [-0.4, -0.2) is 5.97 Å². The topological polar surface area (TPSA) is 26.3 Å². The third-order valence-electron chi connectivity index (χ3n) is 5.75. The number of benzene rings is 2. The van der Waals surface area contributed by atoms with Gasteiger partial charge in [-0.2, -0.15) is 0 Å². The molecule has 2 aromatic carbocycles. The molecule has 2 atom stereocenters.